The maximum Gasteiger partial charge on any atom is 0.234 e. The lowest BCUT2D eigenvalue weighted by Gasteiger charge is -2.26. The highest BCUT2D eigenvalue weighted by Gasteiger charge is 2.21. The molecule has 4 N–H and O–H groups in total. The summed E-state index contributed by atoms with van der Waals surface area (Å²) in [4.78, 5) is 16.3. The predicted octanol–water partition coefficient (Wildman–Crippen LogP) is 3.71. The number of hydrogen-bond donors (Lipinski definition) is 3. The van der Waals surface area contributed by atoms with Gasteiger partial charge in [-0.2, -0.15) is 4.98 Å². The van der Waals surface area contributed by atoms with Gasteiger partial charge in [0.15, 0.2) is 0 Å². The molecule has 2 aromatic rings. The molecule has 0 atom stereocenters. The number of H-pyrrole nitrogens is 1. The number of nitrogens with one attached hydrogen (secondary N) is 2. The van der Waals surface area contributed by atoms with Crippen molar-refractivity contribution in [3.8, 4) is 0 Å². The molecule has 7 heteroatoms. The molecule has 0 fully saturated rings. The van der Waals surface area contributed by atoms with E-state index < -0.39 is 0 Å². The van der Waals surface area contributed by atoms with E-state index in [-0.39, 0.29) is 28.4 Å². The molecule has 0 aliphatic heterocycles. The van der Waals surface area contributed by atoms with Crippen molar-refractivity contribution < 1.29 is 4.79 Å². The summed E-state index contributed by atoms with van der Waals surface area (Å²) in [5.41, 5.74) is 8.71. The Labute approximate surface area is 153 Å². The van der Waals surface area contributed by atoms with Crippen molar-refractivity contribution in [2.24, 2.45) is 0 Å². The maximum atomic E-state index is 12.3. The molecule has 136 valence electrons. The van der Waals surface area contributed by atoms with Crippen molar-refractivity contribution in [1.29, 1.82) is 0 Å². The fraction of sp³-hybridized carbons (Fsp3) is 0.500. The van der Waals surface area contributed by atoms with Crippen LogP contribution in [0.1, 0.15) is 52.7 Å². The average Bonchev–Trinajstić information content (AvgIpc) is 2.89. The molecule has 6 nitrogen and oxygen atoms in total. The second-order valence-electron chi connectivity index (χ2n) is 8.14. The van der Waals surface area contributed by atoms with Gasteiger partial charge in [-0.1, -0.05) is 59.4 Å². The smallest absolute Gasteiger partial charge is 0.234 e. The summed E-state index contributed by atoms with van der Waals surface area (Å²) in [5, 5.41) is 9.92. The van der Waals surface area contributed by atoms with Gasteiger partial charge in [0.2, 0.25) is 17.0 Å². The van der Waals surface area contributed by atoms with E-state index in [0.29, 0.717) is 5.16 Å². The van der Waals surface area contributed by atoms with E-state index in [4.69, 9.17) is 5.73 Å². The first-order valence-corrected chi connectivity index (χ1v) is 9.20. The molecule has 25 heavy (non-hydrogen) atoms. The number of nitrogen functional groups attached to an aromatic ring is 1. The van der Waals surface area contributed by atoms with Crippen molar-refractivity contribution in [1.82, 2.24) is 15.2 Å². The monoisotopic (exact) mass is 361 g/mol. The predicted molar refractivity (Wildman–Crippen MR) is 104 cm³/mol. The van der Waals surface area contributed by atoms with Crippen LogP contribution in [0.3, 0.4) is 0 Å². The number of nitrogens with two attached hydrogens (primary N) is 1. The van der Waals surface area contributed by atoms with E-state index in [1.54, 1.807) is 0 Å². The topological polar surface area (TPSA) is 96.7 Å². The summed E-state index contributed by atoms with van der Waals surface area (Å²) in [6, 6.07) is 6.31. The minimum absolute atomic E-state index is 0.00593. The zero-order chi connectivity index (χ0) is 18.8. The van der Waals surface area contributed by atoms with E-state index in [9.17, 15) is 4.79 Å². The van der Waals surface area contributed by atoms with Gasteiger partial charge in [-0.25, -0.2) is 5.10 Å². The molecule has 1 aromatic heterocycles. The molecular weight excluding hydrogens is 334 g/mol. The lowest BCUT2D eigenvalue weighted by Crippen LogP contribution is -2.19. The second kappa shape index (κ2) is 7.07. The quantitative estimate of drug-likeness (QED) is 0.721. The molecule has 1 amide bonds. The van der Waals surface area contributed by atoms with Gasteiger partial charge in [-0.05, 0) is 34.1 Å². The number of aromatic amines is 1. The number of carbonyl (C=O) groups excluding carboxylic acids is 1. The van der Waals surface area contributed by atoms with E-state index in [2.05, 4.69) is 68.1 Å². The lowest BCUT2D eigenvalue weighted by molar-refractivity contribution is -0.113. The number of anilines is 2. The molecule has 0 spiro atoms. The largest absolute Gasteiger partial charge is 0.368 e. The summed E-state index contributed by atoms with van der Waals surface area (Å²) in [5.74, 6) is 0.372. The number of rotatable bonds is 4. The van der Waals surface area contributed by atoms with Gasteiger partial charge in [0.25, 0.3) is 0 Å². The summed E-state index contributed by atoms with van der Waals surface area (Å²) in [7, 11) is 0. The van der Waals surface area contributed by atoms with Gasteiger partial charge in [-0.15, -0.1) is 5.10 Å². The van der Waals surface area contributed by atoms with Crippen LogP contribution in [-0.2, 0) is 15.6 Å². The Hall–Kier alpha value is -2.02. The lowest BCUT2D eigenvalue weighted by atomic mass is 9.80. The van der Waals surface area contributed by atoms with Crippen LogP contribution in [0, 0.1) is 0 Å². The van der Waals surface area contributed by atoms with Crippen molar-refractivity contribution >= 4 is 29.3 Å². The number of hydrogen-bond acceptors (Lipinski definition) is 5. The van der Waals surface area contributed by atoms with E-state index >= 15 is 0 Å². The summed E-state index contributed by atoms with van der Waals surface area (Å²) >= 11 is 1.24. The number of nitrogens with zero attached hydrogens (tertiary/aromatic N) is 2. The highest BCUT2D eigenvalue weighted by molar-refractivity contribution is 7.99. The van der Waals surface area contributed by atoms with Crippen LogP contribution in [0.15, 0.2) is 23.4 Å². The van der Waals surface area contributed by atoms with Crippen LogP contribution in [0.5, 0.6) is 0 Å². The van der Waals surface area contributed by atoms with Gasteiger partial charge in [0.1, 0.15) is 0 Å². The Bertz CT molecular complexity index is 723. The third-order valence-electron chi connectivity index (χ3n) is 3.76. The number of thioether (sulfide) groups is 1. The maximum absolute atomic E-state index is 12.3. The Morgan fingerprint density at radius 2 is 1.68 bits per heavy atom. The molecule has 1 heterocycles. The van der Waals surface area contributed by atoms with E-state index in [0.717, 1.165) is 5.69 Å². The second-order valence-corrected chi connectivity index (χ2v) is 9.08. The standard InChI is InChI=1S/C18H27N5OS/c1-17(2,3)11-7-12(18(4,5)6)9-13(8-11)20-14(24)10-25-16-21-15(19)22-23-16/h7-9H,10H2,1-6H3,(H,20,24)(H3,19,21,22,23). The fourth-order valence-corrected chi connectivity index (χ4v) is 2.82. The van der Waals surface area contributed by atoms with Gasteiger partial charge in [0.05, 0.1) is 5.75 Å². The summed E-state index contributed by atoms with van der Waals surface area (Å²) < 4.78 is 0. The van der Waals surface area contributed by atoms with Crippen molar-refractivity contribution in [3.63, 3.8) is 0 Å². The Kier molecular flexibility index (Phi) is 5.46. The van der Waals surface area contributed by atoms with E-state index in [1.807, 2.05) is 12.1 Å². The molecule has 0 aliphatic rings. The minimum Gasteiger partial charge on any atom is -0.368 e. The normalized spacial score (nSPS) is 12.2. The molecule has 0 radical (unpaired) electrons. The van der Waals surface area contributed by atoms with Crippen molar-refractivity contribution in [2.75, 3.05) is 16.8 Å². The molecule has 0 saturated heterocycles. The molecule has 0 saturated carbocycles. The van der Waals surface area contributed by atoms with Gasteiger partial charge in [0, 0.05) is 5.69 Å². The molecule has 0 unspecified atom stereocenters. The highest BCUT2D eigenvalue weighted by atomic mass is 32.2. The number of aromatic nitrogens is 3. The zero-order valence-electron chi connectivity index (χ0n) is 15.7. The Balaban J connectivity index is 2.15. The van der Waals surface area contributed by atoms with Crippen LogP contribution in [-0.4, -0.2) is 26.8 Å². The van der Waals surface area contributed by atoms with Crippen molar-refractivity contribution in [3.05, 3.63) is 29.3 Å². The highest BCUT2D eigenvalue weighted by Crippen LogP contribution is 2.32. The zero-order valence-corrected chi connectivity index (χ0v) is 16.5. The van der Waals surface area contributed by atoms with Crippen LogP contribution in [0.4, 0.5) is 11.6 Å². The molecular formula is C18H27N5OS. The first kappa shape index (κ1) is 19.3. The molecule has 0 bridgehead atoms. The van der Waals surface area contributed by atoms with Crippen LogP contribution >= 0.6 is 11.8 Å². The van der Waals surface area contributed by atoms with Gasteiger partial charge < -0.3 is 11.1 Å². The van der Waals surface area contributed by atoms with Crippen molar-refractivity contribution in [2.45, 2.75) is 57.5 Å². The average molecular weight is 362 g/mol. The minimum atomic E-state index is -0.0979. The van der Waals surface area contributed by atoms with Gasteiger partial charge in [-0.3, -0.25) is 4.79 Å². The molecule has 2 rings (SSSR count). The molecule has 0 aliphatic carbocycles. The Morgan fingerprint density at radius 3 is 2.12 bits per heavy atom. The third-order valence-corrected chi connectivity index (χ3v) is 4.61. The van der Waals surface area contributed by atoms with Crippen LogP contribution in [0.25, 0.3) is 0 Å². The molecule has 1 aromatic carbocycles. The summed E-state index contributed by atoms with van der Waals surface area (Å²) in [6.07, 6.45) is 0. The van der Waals surface area contributed by atoms with Crippen LogP contribution in [0.2, 0.25) is 0 Å². The SMILES string of the molecule is CC(C)(C)c1cc(NC(=O)CSc2n[nH]c(N)n2)cc(C(C)(C)C)c1. The number of benzene rings is 1. The number of carbonyl (C=O) groups is 1. The first-order valence-electron chi connectivity index (χ1n) is 8.22. The Morgan fingerprint density at radius 1 is 1.12 bits per heavy atom. The summed E-state index contributed by atoms with van der Waals surface area (Å²) in [6.45, 7) is 13.0. The number of amides is 1. The third kappa shape index (κ3) is 5.49. The fourth-order valence-electron chi connectivity index (χ4n) is 2.22. The van der Waals surface area contributed by atoms with Gasteiger partial charge >= 0.3 is 0 Å². The first-order chi connectivity index (χ1) is 11.4. The van der Waals surface area contributed by atoms with Crippen LogP contribution < -0.4 is 11.1 Å². The van der Waals surface area contributed by atoms with E-state index in [1.165, 1.54) is 22.9 Å².